The van der Waals surface area contributed by atoms with E-state index in [1.807, 2.05) is 19.3 Å². The van der Waals surface area contributed by atoms with Gasteiger partial charge in [0.05, 0.1) is 18.1 Å². The standard InChI is InChI=1S/C12H20N4/c1-10-14-7-12(8-15-10)16-6-2-3-11(9-16)4-5-13/h7-8,11H,2-6,9,13H2,1H3. The molecule has 2 rings (SSSR count). The number of nitrogens with zero attached hydrogens (tertiary/aromatic N) is 3. The maximum Gasteiger partial charge on any atom is 0.125 e. The van der Waals surface area contributed by atoms with Gasteiger partial charge in [0.2, 0.25) is 0 Å². The van der Waals surface area contributed by atoms with Crippen molar-refractivity contribution in [3.63, 3.8) is 0 Å². The SMILES string of the molecule is Cc1ncc(N2CCCC(CCN)C2)cn1. The molecule has 0 spiro atoms. The fourth-order valence-electron chi connectivity index (χ4n) is 2.32. The molecule has 88 valence electrons. The highest BCUT2D eigenvalue weighted by molar-refractivity contribution is 5.42. The average Bonchev–Trinajstić information content (AvgIpc) is 2.31. The van der Waals surface area contributed by atoms with Crippen molar-refractivity contribution in [3.05, 3.63) is 18.2 Å². The quantitative estimate of drug-likeness (QED) is 0.835. The van der Waals surface area contributed by atoms with Crippen molar-refractivity contribution in [2.75, 3.05) is 24.5 Å². The topological polar surface area (TPSA) is 55.0 Å². The first-order valence-electron chi connectivity index (χ1n) is 6.03. The fraction of sp³-hybridized carbons (Fsp3) is 0.667. The summed E-state index contributed by atoms with van der Waals surface area (Å²) in [7, 11) is 0. The van der Waals surface area contributed by atoms with E-state index in [1.54, 1.807) is 0 Å². The highest BCUT2D eigenvalue weighted by atomic mass is 15.2. The van der Waals surface area contributed by atoms with Crippen LogP contribution in [0.3, 0.4) is 0 Å². The first-order valence-corrected chi connectivity index (χ1v) is 6.03. The van der Waals surface area contributed by atoms with Gasteiger partial charge in [0.15, 0.2) is 0 Å². The molecular weight excluding hydrogens is 200 g/mol. The molecule has 2 heterocycles. The number of anilines is 1. The van der Waals surface area contributed by atoms with Gasteiger partial charge in [-0.05, 0) is 38.6 Å². The zero-order chi connectivity index (χ0) is 11.4. The van der Waals surface area contributed by atoms with Crippen molar-refractivity contribution in [3.8, 4) is 0 Å². The highest BCUT2D eigenvalue weighted by Gasteiger charge is 2.19. The number of hydrogen-bond donors (Lipinski definition) is 1. The van der Waals surface area contributed by atoms with Crippen LogP contribution in [0.2, 0.25) is 0 Å². The zero-order valence-corrected chi connectivity index (χ0v) is 9.89. The molecule has 1 aliphatic rings. The molecular formula is C12H20N4. The maximum absolute atomic E-state index is 5.62. The van der Waals surface area contributed by atoms with E-state index in [0.717, 1.165) is 43.5 Å². The Morgan fingerprint density at radius 3 is 2.88 bits per heavy atom. The molecule has 0 aliphatic carbocycles. The Labute approximate surface area is 96.9 Å². The van der Waals surface area contributed by atoms with Gasteiger partial charge < -0.3 is 10.6 Å². The van der Waals surface area contributed by atoms with Gasteiger partial charge in [0, 0.05) is 13.1 Å². The lowest BCUT2D eigenvalue weighted by molar-refractivity contribution is 0.395. The maximum atomic E-state index is 5.62. The summed E-state index contributed by atoms with van der Waals surface area (Å²) in [5, 5.41) is 0. The van der Waals surface area contributed by atoms with Gasteiger partial charge in [-0.25, -0.2) is 9.97 Å². The van der Waals surface area contributed by atoms with Crippen LogP contribution in [0, 0.1) is 12.8 Å². The molecule has 1 aromatic rings. The van der Waals surface area contributed by atoms with Crippen molar-refractivity contribution >= 4 is 5.69 Å². The van der Waals surface area contributed by atoms with E-state index in [0.29, 0.717) is 0 Å². The number of nitrogens with two attached hydrogens (primary N) is 1. The zero-order valence-electron chi connectivity index (χ0n) is 9.89. The summed E-state index contributed by atoms with van der Waals surface area (Å²) >= 11 is 0. The number of hydrogen-bond acceptors (Lipinski definition) is 4. The number of aromatic nitrogens is 2. The van der Waals surface area contributed by atoms with Crippen molar-refractivity contribution in [2.45, 2.75) is 26.2 Å². The summed E-state index contributed by atoms with van der Waals surface area (Å²) in [6.45, 7) is 4.93. The van der Waals surface area contributed by atoms with Gasteiger partial charge in [-0.3, -0.25) is 0 Å². The molecule has 4 nitrogen and oxygen atoms in total. The summed E-state index contributed by atoms with van der Waals surface area (Å²) in [4.78, 5) is 10.9. The third-order valence-electron chi connectivity index (χ3n) is 3.23. The van der Waals surface area contributed by atoms with E-state index >= 15 is 0 Å². The molecule has 0 amide bonds. The van der Waals surface area contributed by atoms with E-state index in [2.05, 4.69) is 14.9 Å². The summed E-state index contributed by atoms with van der Waals surface area (Å²) in [6.07, 6.45) is 7.53. The molecule has 0 bridgehead atoms. The van der Waals surface area contributed by atoms with Gasteiger partial charge in [-0.1, -0.05) is 0 Å². The van der Waals surface area contributed by atoms with Crippen LogP contribution >= 0.6 is 0 Å². The minimum Gasteiger partial charge on any atom is -0.369 e. The van der Waals surface area contributed by atoms with Crippen LogP contribution in [-0.4, -0.2) is 29.6 Å². The van der Waals surface area contributed by atoms with Crippen LogP contribution in [0.25, 0.3) is 0 Å². The minimum absolute atomic E-state index is 0.736. The molecule has 1 aliphatic heterocycles. The molecule has 2 N–H and O–H groups in total. The van der Waals surface area contributed by atoms with Gasteiger partial charge in [-0.2, -0.15) is 0 Å². The summed E-state index contributed by atoms with van der Waals surface area (Å²) in [5.41, 5.74) is 6.77. The predicted molar refractivity (Wildman–Crippen MR) is 65.4 cm³/mol. The van der Waals surface area contributed by atoms with E-state index in [1.165, 1.54) is 12.8 Å². The Morgan fingerprint density at radius 2 is 2.19 bits per heavy atom. The van der Waals surface area contributed by atoms with Crippen LogP contribution < -0.4 is 10.6 Å². The van der Waals surface area contributed by atoms with Crippen LogP contribution in [0.4, 0.5) is 5.69 Å². The van der Waals surface area contributed by atoms with Crippen LogP contribution in [0.15, 0.2) is 12.4 Å². The fourth-order valence-corrected chi connectivity index (χ4v) is 2.32. The van der Waals surface area contributed by atoms with Crippen LogP contribution in [-0.2, 0) is 0 Å². The molecule has 0 saturated carbocycles. The largest absolute Gasteiger partial charge is 0.369 e. The first-order chi connectivity index (χ1) is 7.79. The van der Waals surface area contributed by atoms with Crippen molar-refractivity contribution in [1.29, 1.82) is 0 Å². The first kappa shape index (κ1) is 11.3. The van der Waals surface area contributed by atoms with Crippen LogP contribution in [0.1, 0.15) is 25.1 Å². The van der Waals surface area contributed by atoms with E-state index in [9.17, 15) is 0 Å². The smallest absolute Gasteiger partial charge is 0.125 e. The van der Waals surface area contributed by atoms with E-state index < -0.39 is 0 Å². The minimum atomic E-state index is 0.736. The Balaban J connectivity index is 2.01. The second-order valence-corrected chi connectivity index (χ2v) is 4.52. The lowest BCUT2D eigenvalue weighted by Gasteiger charge is -2.33. The molecule has 1 saturated heterocycles. The lowest BCUT2D eigenvalue weighted by atomic mass is 9.95. The highest BCUT2D eigenvalue weighted by Crippen LogP contribution is 2.23. The Morgan fingerprint density at radius 1 is 1.44 bits per heavy atom. The van der Waals surface area contributed by atoms with Gasteiger partial charge >= 0.3 is 0 Å². The molecule has 1 fully saturated rings. The second kappa shape index (κ2) is 5.25. The van der Waals surface area contributed by atoms with Crippen molar-refractivity contribution in [2.24, 2.45) is 11.7 Å². The Kier molecular flexibility index (Phi) is 3.72. The number of aryl methyl sites for hydroxylation is 1. The summed E-state index contributed by atoms with van der Waals surface area (Å²) < 4.78 is 0. The van der Waals surface area contributed by atoms with Gasteiger partial charge in [0.25, 0.3) is 0 Å². The Hall–Kier alpha value is -1.16. The third-order valence-corrected chi connectivity index (χ3v) is 3.23. The molecule has 1 aromatic heterocycles. The third kappa shape index (κ3) is 2.70. The predicted octanol–water partition coefficient (Wildman–Crippen LogP) is 1.35. The second-order valence-electron chi connectivity index (χ2n) is 4.52. The molecule has 1 atom stereocenters. The molecule has 0 aromatic carbocycles. The Bertz CT molecular complexity index is 320. The number of piperidine rings is 1. The molecule has 1 unspecified atom stereocenters. The summed E-state index contributed by atoms with van der Waals surface area (Å²) in [5.74, 6) is 1.57. The van der Waals surface area contributed by atoms with Crippen LogP contribution in [0.5, 0.6) is 0 Å². The normalized spacial score (nSPS) is 21.1. The molecule has 4 heteroatoms. The summed E-state index contributed by atoms with van der Waals surface area (Å²) in [6, 6.07) is 0. The van der Waals surface area contributed by atoms with Crippen molar-refractivity contribution < 1.29 is 0 Å². The number of rotatable bonds is 3. The molecule has 0 radical (unpaired) electrons. The average molecular weight is 220 g/mol. The van der Waals surface area contributed by atoms with Crippen molar-refractivity contribution in [1.82, 2.24) is 9.97 Å². The van der Waals surface area contributed by atoms with E-state index in [-0.39, 0.29) is 0 Å². The van der Waals surface area contributed by atoms with E-state index in [4.69, 9.17) is 5.73 Å². The monoisotopic (exact) mass is 220 g/mol. The lowest BCUT2D eigenvalue weighted by Crippen LogP contribution is -2.36. The molecule has 16 heavy (non-hydrogen) atoms. The van der Waals surface area contributed by atoms with Gasteiger partial charge in [0.1, 0.15) is 5.82 Å². The van der Waals surface area contributed by atoms with Gasteiger partial charge in [-0.15, -0.1) is 0 Å².